The molecule has 0 radical (unpaired) electrons. The number of carbonyl (C=O) groups excluding carboxylic acids is 1. The molecule has 1 atom stereocenters. The summed E-state index contributed by atoms with van der Waals surface area (Å²) in [5, 5.41) is 18.6. The maximum atomic E-state index is 12.7. The van der Waals surface area contributed by atoms with Gasteiger partial charge in [0.05, 0.1) is 16.7 Å². The van der Waals surface area contributed by atoms with Gasteiger partial charge in [-0.3, -0.25) is 14.4 Å². The van der Waals surface area contributed by atoms with Gasteiger partial charge in [-0.25, -0.2) is 4.39 Å². The van der Waals surface area contributed by atoms with Crippen molar-refractivity contribution in [1.29, 1.82) is 5.26 Å². The highest BCUT2D eigenvalue weighted by molar-refractivity contribution is 7.99. The number of phenols is 1. The molecule has 2 aliphatic rings. The zero-order valence-corrected chi connectivity index (χ0v) is 26.6. The molecule has 0 bridgehead atoms. The summed E-state index contributed by atoms with van der Waals surface area (Å²) in [6.45, 7) is 9.69. The average Bonchev–Trinajstić information content (AvgIpc) is 2.97. The van der Waals surface area contributed by atoms with E-state index >= 15 is 0 Å². The van der Waals surface area contributed by atoms with Crippen LogP contribution in [0.5, 0.6) is 5.75 Å². The second-order valence-electron chi connectivity index (χ2n) is 9.61. The minimum Gasteiger partial charge on any atom is -0.505 e. The highest BCUT2D eigenvalue weighted by Gasteiger charge is 2.36. The summed E-state index contributed by atoms with van der Waals surface area (Å²) in [5.74, 6) is 0.477. The summed E-state index contributed by atoms with van der Waals surface area (Å²) < 4.78 is 26.2. The van der Waals surface area contributed by atoms with Gasteiger partial charge in [-0.2, -0.15) is 5.26 Å². The number of amides is 1. The minimum atomic E-state index is -0.815. The third kappa shape index (κ3) is 11.7. The molecule has 2 heterocycles. The minimum absolute atomic E-state index is 0.0689. The van der Waals surface area contributed by atoms with Crippen LogP contribution in [0.4, 0.5) is 4.39 Å². The maximum absolute atomic E-state index is 12.7. The summed E-state index contributed by atoms with van der Waals surface area (Å²) >= 11 is 8.69. The van der Waals surface area contributed by atoms with Gasteiger partial charge >= 0.3 is 0 Å². The van der Waals surface area contributed by atoms with E-state index in [1.165, 1.54) is 43.7 Å². The molecule has 2 aliphatic heterocycles. The van der Waals surface area contributed by atoms with Crippen molar-refractivity contribution in [1.82, 2.24) is 9.62 Å². The van der Waals surface area contributed by atoms with Crippen LogP contribution >= 0.6 is 35.3 Å². The van der Waals surface area contributed by atoms with E-state index < -0.39 is 5.60 Å². The first kappa shape index (κ1) is 35.2. The van der Waals surface area contributed by atoms with Gasteiger partial charge in [-0.1, -0.05) is 25.4 Å². The molecule has 0 spiro atoms. The summed E-state index contributed by atoms with van der Waals surface area (Å²) in [5.41, 5.74) is -0.747. The SMILES string of the molecule is CC.CC1(C(=O)NSc2cc(Cl)c(O)c(C#N)c2)CCCCO1.COC1CN(CCCCSc2ccc(F)cc2)C1. The van der Waals surface area contributed by atoms with Gasteiger partial charge in [0.15, 0.2) is 5.75 Å². The highest BCUT2D eigenvalue weighted by Crippen LogP contribution is 2.32. The zero-order valence-electron chi connectivity index (χ0n) is 24.3. The number of hydrogen-bond acceptors (Lipinski definition) is 8. The summed E-state index contributed by atoms with van der Waals surface area (Å²) in [4.78, 5) is 16.3. The van der Waals surface area contributed by atoms with Crippen molar-refractivity contribution >= 4 is 41.2 Å². The van der Waals surface area contributed by atoms with E-state index in [4.69, 9.17) is 26.3 Å². The van der Waals surface area contributed by atoms with E-state index in [9.17, 15) is 14.3 Å². The van der Waals surface area contributed by atoms with Gasteiger partial charge in [0.2, 0.25) is 0 Å². The molecule has 2 N–H and O–H groups in total. The van der Waals surface area contributed by atoms with Crippen molar-refractivity contribution in [3.05, 3.63) is 52.8 Å². The number of thioether (sulfide) groups is 1. The van der Waals surface area contributed by atoms with Crippen molar-refractivity contribution in [2.45, 2.75) is 74.4 Å². The first-order valence-electron chi connectivity index (χ1n) is 13.9. The van der Waals surface area contributed by atoms with Crippen molar-refractivity contribution < 1.29 is 23.8 Å². The Kier molecular flexibility index (Phi) is 15.9. The number of aromatic hydroxyl groups is 1. The molecule has 226 valence electrons. The first-order valence-corrected chi connectivity index (χ1v) is 16.1. The number of rotatable bonds is 10. The van der Waals surface area contributed by atoms with Crippen LogP contribution in [0.2, 0.25) is 5.02 Å². The summed E-state index contributed by atoms with van der Waals surface area (Å²) in [6, 6.07) is 11.5. The van der Waals surface area contributed by atoms with Crippen LogP contribution < -0.4 is 4.72 Å². The summed E-state index contributed by atoms with van der Waals surface area (Å²) in [6.07, 6.45) is 5.49. The number of nitrogens with one attached hydrogen (secondary N) is 1. The van der Waals surface area contributed by atoms with E-state index in [0.717, 1.165) is 48.5 Å². The average molecular weight is 626 g/mol. The van der Waals surface area contributed by atoms with E-state index in [1.807, 2.05) is 32.0 Å². The van der Waals surface area contributed by atoms with Gasteiger partial charge in [-0.05, 0) is 99.7 Å². The molecule has 2 saturated heterocycles. The van der Waals surface area contributed by atoms with Crippen LogP contribution in [0.15, 0.2) is 46.2 Å². The first-order chi connectivity index (χ1) is 19.7. The molecule has 4 rings (SSSR count). The molecule has 2 aromatic rings. The smallest absolute Gasteiger partial charge is 0.262 e. The number of halogens is 2. The van der Waals surface area contributed by atoms with Gasteiger partial charge < -0.3 is 14.6 Å². The topological polar surface area (TPSA) is 94.8 Å². The lowest BCUT2D eigenvalue weighted by molar-refractivity contribution is -0.148. The fourth-order valence-electron chi connectivity index (χ4n) is 4.06. The molecule has 0 aromatic heterocycles. The lowest BCUT2D eigenvalue weighted by atomic mass is 9.95. The number of phenolic OH excluding ortho intramolecular Hbond substituents is 1. The monoisotopic (exact) mass is 625 g/mol. The molecule has 2 fully saturated rings. The Morgan fingerprint density at radius 1 is 1.24 bits per heavy atom. The lowest BCUT2D eigenvalue weighted by Gasteiger charge is -2.38. The fraction of sp³-hybridized carbons (Fsp3) is 0.533. The number of benzene rings is 2. The number of ether oxygens (including phenoxy) is 2. The normalized spacial score (nSPS) is 18.6. The number of carbonyl (C=O) groups is 1. The Morgan fingerprint density at radius 3 is 2.56 bits per heavy atom. The molecule has 1 unspecified atom stereocenters. The quantitative estimate of drug-likeness (QED) is 0.165. The van der Waals surface area contributed by atoms with E-state index in [1.54, 1.807) is 25.8 Å². The predicted octanol–water partition coefficient (Wildman–Crippen LogP) is 7.05. The van der Waals surface area contributed by atoms with Crippen molar-refractivity contribution in [2.24, 2.45) is 0 Å². The Bertz CT molecular complexity index is 1120. The van der Waals surface area contributed by atoms with E-state index in [-0.39, 0.29) is 28.1 Å². The second-order valence-corrected chi connectivity index (χ2v) is 12.1. The molecular formula is C30H41ClFN3O4S2. The Labute approximate surface area is 257 Å². The molecule has 41 heavy (non-hydrogen) atoms. The van der Waals surface area contributed by atoms with Crippen LogP contribution in [0.25, 0.3) is 0 Å². The van der Waals surface area contributed by atoms with Crippen molar-refractivity contribution in [3.8, 4) is 11.8 Å². The number of hydrogen-bond donors (Lipinski definition) is 2. The molecule has 2 aromatic carbocycles. The predicted molar refractivity (Wildman–Crippen MR) is 165 cm³/mol. The maximum Gasteiger partial charge on any atom is 0.262 e. The standard InChI is InChI=1S/C14H15ClN2O3S.C14H20FNOS.C2H6/c1-14(4-2-3-5-20-14)13(19)17-21-10-6-9(8-16)12(18)11(15)7-10;1-17-13-10-16(11-13)8-2-3-9-18-14-6-4-12(15)5-7-14;1-2/h6-7,18H,2-5H2,1H3,(H,17,19);4-7,13H,2-3,8-11H2,1H3;1-2H3. The number of nitriles is 1. The Balaban J connectivity index is 0.000000273. The molecule has 1 amide bonds. The van der Waals surface area contributed by atoms with Crippen LogP contribution in [-0.4, -0.2) is 66.7 Å². The third-order valence-electron chi connectivity index (χ3n) is 6.58. The molecule has 0 saturated carbocycles. The number of unbranched alkanes of at least 4 members (excludes halogenated alkanes) is 1. The number of methoxy groups -OCH3 is 1. The largest absolute Gasteiger partial charge is 0.505 e. The van der Waals surface area contributed by atoms with Gasteiger partial charge in [0.25, 0.3) is 5.91 Å². The molecular weight excluding hydrogens is 585 g/mol. The van der Waals surface area contributed by atoms with Crippen LogP contribution in [0.1, 0.15) is 58.4 Å². The van der Waals surface area contributed by atoms with Gasteiger partial charge in [0.1, 0.15) is 17.5 Å². The summed E-state index contributed by atoms with van der Waals surface area (Å²) in [7, 11) is 1.78. The highest BCUT2D eigenvalue weighted by atomic mass is 35.5. The molecule has 0 aliphatic carbocycles. The zero-order chi connectivity index (χ0) is 30.3. The second kappa shape index (κ2) is 18.5. The number of nitrogens with zero attached hydrogens (tertiary/aromatic N) is 2. The van der Waals surface area contributed by atoms with Crippen LogP contribution in [-0.2, 0) is 14.3 Å². The van der Waals surface area contributed by atoms with Gasteiger partial charge in [0, 0.05) is 36.6 Å². The number of likely N-dealkylation sites (tertiary alicyclic amines) is 1. The van der Waals surface area contributed by atoms with Crippen LogP contribution in [0, 0.1) is 17.1 Å². The Hall–Kier alpha value is -2.00. The van der Waals surface area contributed by atoms with Crippen LogP contribution in [0.3, 0.4) is 0 Å². The van der Waals surface area contributed by atoms with E-state index in [0.29, 0.717) is 24.0 Å². The Morgan fingerprint density at radius 2 is 1.95 bits per heavy atom. The van der Waals surface area contributed by atoms with E-state index in [2.05, 4.69) is 9.62 Å². The molecule has 7 nitrogen and oxygen atoms in total. The fourth-order valence-corrected chi connectivity index (χ4v) is 6.03. The van der Waals surface area contributed by atoms with Crippen molar-refractivity contribution in [2.75, 3.05) is 39.1 Å². The molecule has 11 heteroatoms. The lowest BCUT2D eigenvalue weighted by Crippen LogP contribution is -2.51. The third-order valence-corrected chi connectivity index (χ3v) is 8.72. The van der Waals surface area contributed by atoms with Crippen molar-refractivity contribution in [3.63, 3.8) is 0 Å². The van der Waals surface area contributed by atoms with Gasteiger partial charge in [-0.15, -0.1) is 11.8 Å².